The number of nitrogens with zero attached hydrogens (tertiary/aromatic N) is 1. The Balaban J connectivity index is 1.63. The highest BCUT2D eigenvalue weighted by molar-refractivity contribution is 6.62. The molecular formula is C24H36BFN2O5. The number of nitrogens with one attached hydrogen (secondary N) is 1. The Labute approximate surface area is 196 Å². The Kier molecular flexibility index (Phi) is 7.15. The molecule has 1 unspecified atom stereocenters. The lowest BCUT2D eigenvalue weighted by molar-refractivity contribution is -0.131. The summed E-state index contributed by atoms with van der Waals surface area (Å²) in [6.45, 7) is 14.1. The van der Waals surface area contributed by atoms with Crippen LogP contribution < -0.4 is 10.8 Å². The van der Waals surface area contributed by atoms with Crippen molar-refractivity contribution in [1.82, 2.24) is 10.2 Å². The van der Waals surface area contributed by atoms with E-state index in [4.69, 9.17) is 14.0 Å². The molecule has 182 valence electrons. The largest absolute Gasteiger partial charge is 0.497 e. The minimum absolute atomic E-state index is 0.0721. The second-order valence-corrected chi connectivity index (χ2v) is 10.9. The highest BCUT2D eigenvalue weighted by Gasteiger charge is 2.52. The molecular weight excluding hydrogens is 426 g/mol. The van der Waals surface area contributed by atoms with Crippen LogP contribution in [0.5, 0.6) is 0 Å². The number of amides is 2. The predicted molar refractivity (Wildman–Crippen MR) is 125 cm³/mol. The van der Waals surface area contributed by atoms with Gasteiger partial charge in [-0.1, -0.05) is 12.1 Å². The Morgan fingerprint density at radius 3 is 2.45 bits per heavy atom. The molecule has 0 bridgehead atoms. The SMILES string of the molecule is CC(C)(C)OC(=O)NC1CCCN(C(=O)Cc2ccc(F)c(B3OC(C)(C)C(C)(C)O3)c2)C1. The summed E-state index contributed by atoms with van der Waals surface area (Å²) in [4.78, 5) is 26.8. The second-order valence-electron chi connectivity index (χ2n) is 10.9. The topological polar surface area (TPSA) is 77.1 Å². The molecule has 7 nitrogen and oxygen atoms in total. The van der Waals surface area contributed by atoms with Gasteiger partial charge in [-0.25, -0.2) is 9.18 Å². The maximum absolute atomic E-state index is 14.6. The third kappa shape index (κ3) is 6.26. The molecule has 2 amide bonds. The fraction of sp³-hybridized carbons (Fsp3) is 0.667. The van der Waals surface area contributed by atoms with Crippen molar-refractivity contribution in [1.29, 1.82) is 0 Å². The molecule has 1 N–H and O–H groups in total. The van der Waals surface area contributed by atoms with Gasteiger partial charge in [0.25, 0.3) is 0 Å². The molecule has 0 aliphatic carbocycles. The molecule has 0 spiro atoms. The minimum atomic E-state index is -0.831. The van der Waals surface area contributed by atoms with Crippen LogP contribution in [0.4, 0.5) is 9.18 Å². The molecule has 1 aromatic rings. The quantitative estimate of drug-likeness (QED) is 0.696. The van der Waals surface area contributed by atoms with E-state index < -0.39 is 35.8 Å². The summed E-state index contributed by atoms with van der Waals surface area (Å²) in [6, 6.07) is 4.45. The van der Waals surface area contributed by atoms with Crippen LogP contribution in [0.25, 0.3) is 0 Å². The summed E-state index contributed by atoms with van der Waals surface area (Å²) < 4.78 is 31.9. The number of rotatable bonds is 4. The number of halogens is 1. The van der Waals surface area contributed by atoms with E-state index in [1.54, 1.807) is 17.0 Å². The molecule has 9 heteroatoms. The number of carbonyl (C=O) groups excluding carboxylic acids is 2. The smallest absolute Gasteiger partial charge is 0.444 e. The van der Waals surface area contributed by atoms with Crippen molar-refractivity contribution in [2.45, 2.75) is 90.6 Å². The molecule has 2 heterocycles. The number of likely N-dealkylation sites (tertiary alicyclic amines) is 1. The van der Waals surface area contributed by atoms with Crippen molar-refractivity contribution in [3.63, 3.8) is 0 Å². The van der Waals surface area contributed by atoms with Gasteiger partial charge in [0.05, 0.1) is 17.6 Å². The zero-order valence-corrected chi connectivity index (χ0v) is 20.8. The zero-order chi connectivity index (χ0) is 24.6. The van der Waals surface area contributed by atoms with E-state index in [-0.39, 0.29) is 18.4 Å². The highest BCUT2D eigenvalue weighted by Crippen LogP contribution is 2.36. The molecule has 0 saturated carbocycles. The van der Waals surface area contributed by atoms with Gasteiger partial charge in [-0.05, 0) is 72.9 Å². The fourth-order valence-corrected chi connectivity index (χ4v) is 3.94. The lowest BCUT2D eigenvalue weighted by atomic mass is 9.77. The number of piperidine rings is 1. The molecule has 33 heavy (non-hydrogen) atoms. The fourth-order valence-electron chi connectivity index (χ4n) is 3.94. The predicted octanol–water partition coefficient (Wildman–Crippen LogP) is 3.18. The molecule has 2 saturated heterocycles. The Hall–Kier alpha value is -2.13. The Morgan fingerprint density at radius 2 is 1.85 bits per heavy atom. The summed E-state index contributed by atoms with van der Waals surface area (Å²) in [5.74, 6) is -0.499. The van der Waals surface area contributed by atoms with Crippen LogP contribution in [-0.4, -0.2) is 60.0 Å². The third-order valence-corrected chi connectivity index (χ3v) is 6.42. The summed E-state index contributed by atoms with van der Waals surface area (Å²) in [5, 5.41) is 2.86. The van der Waals surface area contributed by atoms with Crippen LogP contribution in [-0.2, 0) is 25.3 Å². The highest BCUT2D eigenvalue weighted by atomic mass is 19.1. The number of alkyl carbamates (subject to hydrolysis) is 1. The van der Waals surface area contributed by atoms with Crippen LogP contribution in [0.3, 0.4) is 0 Å². The molecule has 2 aliphatic rings. The van der Waals surface area contributed by atoms with Gasteiger partial charge >= 0.3 is 13.2 Å². The molecule has 0 aromatic heterocycles. The van der Waals surface area contributed by atoms with E-state index in [1.165, 1.54) is 6.07 Å². The van der Waals surface area contributed by atoms with Crippen molar-refractivity contribution in [3.05, 3.63) is 29.6 Å². The monoisotopic (exact) mass is 462 g/mol. The van der Waals surface area contributed by atoms with Crippen molar-refractivity contribution >= 4 is 24.6 Å². The number of ether oxygens (including phenoxy) is 1. The third-order valence-electron chi connectivity index (χ3n) is 6.42. The lowest BCUT2D eigenvalue weighted by Crippen LogP contribution is -2.50. The zero-order valence-electron chi connectivity index (χ0n) is 20.8. The maximum Gasteiger partial charge on any atom is 0.497 e. The molecule has 2 fully saturated rings. The van der Waals surface area contributed by atoms with Crippen LogP contribution in [0.2, 0.25) is 0 Å². The van der Waals surface area contributed by atoms with E-state index in [0.717, 1.165) is 12.8 Å². The first-order valence-electron chi connectivity index (χ1n) is 11.6. The molecule has 1 aromatic carbocycles. The average Bonchev–Trinajstić information content (AvgIpc) is 2.89. The van der Waals surface area contributed by atoms with Crippen LogP contribution >= 0.6 is 0 Å². The molecule has 0 radical (unpaired) electrons. The first-order valence-corrected chi connectivity index (χ1v) is 11.6. The molecule has 1 atom stereocenters. The van der Waals surface area contributed by atoms with Crippen molar-refractivity contribution < 1.29 is 28.0 Å². The Morgan fingerprint density at radius 1 is 1.21 bits per heavy atom. The van der Waals surface area contributed by atoms with Gasteiger partial charge in [0, 0.05) is 24.6 Å². The van der Waals surface area contributed by atoms with Crippen molar-refractivity contribution in [2.75, 3.05) is 13.1 Å². The Bertz CT molecular complexity index is 883. The minimum Gasteiger partial charge on any atom is -0.444 e. The second kappa shape index (κ2) is 9.26. The summed E-state index contributed by atoms with van der Waals surface area (Å²) in [5.41, 5.74) is -0.763. The standard InChI is InChI=1S/C24H36BFN2O5/c1-22(2,3)31-21(30)27-17-9-8-12-28(15-17)20(29)14-16-10-11-19(26)18(13-16)25-32-23(4,5)24(6,7)33-25/h10-11,13,17H,8-9,12,14-15H2,1-7H3,(H,27,30). The summed E-state index contributed by atoms with van der Waals surface area (Å²) >= 11 is 0. The molecule has 3 rings (SSSR count). The number of hydrogen-bond donors (Lipinski definition) is 1. The van der Waals surface area contributed by atoms with Crippen LogP contribution in [0.1, 0.15) is 66.9 Å². The van der Waals surface area contributed by atoms with E-state index in [9.17, 15) is 14.0 Å². The summed E-state index contributed by atoms with van der Waals surface area (Å²) in [7, 11) is -0.831. The normalized spacial score (nSPS) is 22.2. The first-order chi connectivity index (χ1) is 15.2. The first kappa shape index (κ1) is 25.5. The van der Waals surface area contributed by atoms with E-state index >= 15 is 0 Å². The van der Waals surface area contributed by atoms with Gasteiger partial charge in [0.1, 0.15) is 11.4 Å². The van der Waals surface area contributed by atoms with E-state index in [0.29, 0.717) is 24.1 Å². The number of hydrogen-bond acceptors (Lipinski definition) is 5. The van der Waals surface area contributed by atoms with E-state index in [2.05, 4.69) is 5.32 Å². The lowest BCUT2D eigenvalue weighted by Gasteiger charge is -2.33. The van der Waals surface area contributed by atoms with Gasteiger partial charge in [-0.3, -0.25) is 4.79 Å². The van der Waals surface area contributed by atoms with Crippen LogP contribution in [0.15, 0.2) is 18.2 Å². The number of carbonyl (C=O) groups is 2. The van der Waals surface area contributed by atoms with Gasteiger partial charge in [0.2, 0.25) is 5.91 Å². The van der Waals surface area contributed by atoms with Gasteiger partial charge in [-0.2, -0.15) is 0 Å². The van der Waals surface area contributed by atoms with Gasteiger partial charge in [0.15, 0.2) is 0 Å². The van der Waals surface area contributed by atoms with Gasteiger partial charge in [-0.15, -0.1) is 0 Å². The van der Waals surface area contributed by atoms with Gasteiger partial charge < -0.3 is 24.3 Å². The van der Waals surface area contributed by atoms with Crippen LogP contribution in [0, 0.1) is 5.82 Å². The van der Waals surface area contributed by atoms with Crippen molar-refractivity contribution in [2.24, 2.45) is 0 Å². The average molecular weight is 462 g/mol. The number of benzene rings is 1. The summed E-state index contributed by atoms with van der Waals surface area (Å²) in [6.07, 6.45) is 1.22. The van der Waals surface area contributed by atoms with E-state index in [1.807, 2.05) is 48.5 Å². The maximum atomic E-state index is 14.6. The molecule has 2 aliphatic heterocycles. The van der Waals surface area contributed by atoms with Crippen molar-refractivity contribution in [3.8, 4) is 0 Å².